The quantitative estimate of drug-likeness (QED) is 0.407. The smallest absolute Gasteiger partial charge is 0.164 e. The number of unbranched alkanes of at least 4 members (excludes halogenated alkanes) is 3. The lowest BCUT2D eigenvalue weighted by Crippen LogP contribution is -2.41. The number of aromatic nitrogens is 1. The summed E-state index contributed by atoms with van der Waals surface area (Å²) in [4.78, 5) is 9.47. The van der Waals surface area contributed by atoms with Crippen LogP contribution >= 0.6 is 8.38 Å². The lowest BCUT2D eigenvalue weighted by atomic mass is 9.84. The summed E-state index contributed by atoms with van der Waals surface area (Å²) in [5, 5.41) is 4.45. The minimum atomic E-state index is -1.35. The van der Waals surface area contributed by atoms with Gasteiger partial charge in [-0.05, 0) is 55.6 Å². The molecule has 0 amide bonds. The summed E-state index contributed by atoms with van der Waals surface area (Å²) in [6.45, 7) is 4.38. The molecule has 1 fully saturated rings. The van der Waals surface area contributed by atoms with Crippen molar-refractivity contribution in [3.63, 3.8) is 0 Å². The van der Waals surface area contributed by atoms with Crippen LogP contribution in [-0.2, 0) is 23.8 Å². The van der Waals surface area contributed by atoms with Crippen molar-refractivity contribution >= 4 is 8.38 Å². The van der Waals surface area contributed by atoms with Gasteiger partial charge in [-0.25, -0.2) is 0 Å². The Morgan fingerprint density at radius 2 is 2.17 bits per heavy atom. The fourth-order valence-corrected chi connectivity index (χ4v) is 5.52. The monoisotopic (exact) mass is 430 g/mol. The number of benzene rings is 1. The van der Waals surface area contributed by atoms with Gasteiger partial charge in [-0.15, -0.1) is 0 Å². The molecule has 0 saturated heterocycles. The van der Waals surface area contributed by atoms with E-state index in [9.17, 15) is 4.89 Å². The number of fused-ring (bicyclic) bond motifs is 3. The summed E-state index contributed by atoms with van der Waals surface area (Å²) >= 11 is 0. The molecule has 0 spiro atoms. The second-order valence-electron chi connectivity index (χ2n) is 9.20. The standard InChI is InChI=1S/C24H35N2O3P/c1-3-4-5-6-7-22-21-11-9-18-14-17(8-10-20(18)23(21)26-29-22)19-12-13-24(25,15-19)16-28-30(2)27/h8,10,14,19,27H,3-7,9,11-13,15-16,25H2,1-2H3. The minimum Gasteiger partial charge on any atom is -0.360 e. The maximum Gasteiger partial charge on any atom is 0.164 e. The largest absolute Gasteiger partial charge is 0.360 e. The van der Waals surface area contributed by atoms with E-state index in [1.807, 2.05) is 0 Å². The first-order valence-electron chi connectivity index (χ1n) is 11.4. The fraction of sp³-hybridized carbons (Fsp3) is 0.625. The van der Waals surface area contributed by atoms with E-state index < -0.39 is 8.38 Å². The predicted molar refractivity (Wildman–Crippen MR) is 122 cm³/mol. The Morgan fingerprint density at radius 1 is 1.30 bits per heavy atom. The van der Waals surface area contributed by atoms with E-state index in [-0.39, 0.29) is 5.54 Å². The molecule has 0 aliphatic heterocycles. The highest BCUT2D eigenvalue weighted by Gasteiger charge is 2.37. The lowest BCUT2D eigenvalue weighted by molar-refractivity contribution is 0.220. The number of aryl methyl sites for hydroxylation is 2. The van der Waals surface area contributed by atoms with Crippen molar-refractivity contribution in [1.29, 1.82) is 0 Å². The van der Waals surface area contributed by atoms with Crippen LogP contribution in [0.4, 0.5) is 0 Å². The second kappa shape index (κ2) is 9.48. The van der Waals surface area contributed by atoms with Crippen molar-refractivity contribution < 1.29 is 13.9 Å². The van der Waals surface area contributed by atoms with Crippen LogP contribution in [0.1, 0.15) is 80.2 Å². The van der Waals surface area contributed by atoms with Crippen LogP contribution in [0, 0.1) is 0 Å². The van der Waals surface area contributed by atoms with Gasteiger partial charge in [-0.1, -0.05) is 49.5 Å². The van der Waals surface area contributed by atoms with Crippen molar-refractivity contribution in [1.82, 2.24) is 5.16 Å². The van der Waals surface area contributed by atoms with Crippen LogP contribution in [0.15, 0.2) is 22.7 Å². The zero-order valence-corrected chi connectivity index (χ0v) is 19.2. The van der Waals surface area contributed by atoms with Crippen molar-refractivity contribution in [2.24, 2.45) is 5.73 Å². The average molecular weight is 431 g/mol. The van der Waals surface area contributed by atoms with Crippen LogP contribution in [0.2, 0.25) is 0 Å². The fourth-order valence-electron chi connectivity index (χ4n) is 5.08. The summed E-state index contributed by atoms with van der Waals surface area (Å²) in [5.41, 5.74) is 12.6. The molecule has 0 radical (unpaired) electrons. The van der Waals surface area contributed by atoms with Crippen molar-refractivity contribution in [2.45, 2.75) is 82.6 Å². The lowest BCUT2D eigenvalue weighted by Gasteiger charge is -2.25. The van der Waals surface area contributed by atoms with E-state index in [0.717, 1.165) is 50.0 Å². The molecule has 3 N–H and O–H groups in total. The normalized spacial score (nSPS) is 23.9. The van der Waals surface area contributed by atoms with E-state index in [1.165, 1.54) is 47.9 Å². The van der Waals surface area contributed by atoms with Gasteiger partial charge in [0.2, 0.25) is 0 Å². The SMILES string of the molecule is CCCCCCc1onc2c1CCc1cc(C3CCC(N)(COP(C)O)C3)ccc1-2. The van der Waals surface area contributed by atoms with Gasteiger partial charge >= 0.3 is 0 Å². The topological polar surface area (TPSA) is 81.5 Å². The molecule has 164 valence electrons. The molecule has 2 aliphatic carbocycles. The zero-order valence-electron chi connectivity index (χ0n) is 18.3. The predicted octanol–water partition coefficient (Wildman–Crippen LogP) is 5.48. The van der Waals surface area contributed by atoms with E-state index in [4.69, 9.17) is 14.8 Å². The van der Waals surface area contributed by atoms with Gasteiger partial charge in [0.1, 0.15) is 11.5 Å². The van der Waals surface area contributed by atoms with Gasteiger partial charge in [-0.3, -0.25) is 0 Å². The van der Waals surface area contributed by atoms with E-state index in [2.05, 4.69) is 30.3 Å². The van der Waals surface area contributed by atoms with Crippen LogP contribution in [0.3, 0.4) is 0 Å². The first-order chi connectivity index (χ1) is 14.5. The zero-order chi connectivity index (χ0) is 21.1. The second-order valence-corrected chi connectivity index (χ2v) is 10.4. The van der Waals surface area contributed by atoms with Crippen LogP contribution < -0.4 is 5.73 Å². The van der Waals surface area contributed by atoms with Gasteiger partial charge in [-0.2, -0.15) is 0 Å². The number of hydrogen-bond acceptors (Lipinski definition) is 5. The molecule has 4 rings (SSSR count). The maximum atomic E-state index is 9.47. The molecule has 5 nitrogen and oxygen atoms in total. The molecule has 2 aliphatic rings. The van der Waals surface area contributed by atoms with Gasteiger partial charge in [0.25, 0.3) is 0 Å². The molecule has 0 bridgehead atoms. The molecule has 30 heavy (non-hydrogen) atoms. The van der Waals surface area contributed by atoms with Crippen LogP contribution in [0.25, 0.3) is 11.3 Å². The summed E-state index contributed by atoms with van der Waals surface area (Å²) in [6, 6.07) is 6.85. The first-order valence-corrected chi connectivity index (χ1v) is 13.1. The Kier molecular flexibility index (Phi) is 6.94. The van der Waals surface area contributed by atoms with Crippen molar-refractivity contribution in [2.75, 3.05) is 13.3 Å². The van der Waals surface area contributed by atoms with E-state index in [0.29, 0.717) is 12.5 Å². The summed E-state index contributed by atoms with van der Waals surface area (Å²) < 4.78 is 11.2. The molecular formula is C24H35N2O3P. The molecule has 1 heterocycles. The average Bonchev–Trinajstić information content (AvgIpc) is 3.34. The number of hydrogen-bond donors (Lipinski definition) is 2. The van der Waals surface area contributed by atoms with Gasteiger partial charge in [0.15, 0.2) is 8.38 Å². The van der Waals surface area contributed by atoms with Crippen molar-refractivity contribution in [3.05, 3.63) is 40.6 Å². The van der Waals surface area contributed by atoms with Gasteiger partial charge in [0, 0.05) is 29.8 Å². The molecule has 3 unspecified atom stereocenters. The Hall–Kier alpha value is -1.26. The number of nitrogens with zero attached hydrogens (tertiary/aromatic N) is 1. The maximum absolute atomic E-state index is 9.47. The van der Waals surface area contributed by atoms with Gasteiger partial charge < -0.3 is 19.7 Å². The molecule has 1 saturated carbocycles. The highest BCUT2D eigenvalue weighted by atomic mass is 31.2. The molecule has 3 atom stereocenters. The van der Waals surface area contributed by atoms with E-state index >= 15 is 0 Å². The number of nitrogens with two attached hydrogens (primary N) is 1. The van der Waals surface area contributed by atoms with E-state index in [1.54, 1.807) is 6.66 Å². The molecule has 6 heteroatoms. The van der Waals surface area contributed by atoms with Crippen LogP contribution in [0.5, 0.6) is 0 Å². The van der Waals surface area contributed by atoms with Crippen molar-refractivity contribution in [3.8, 4) is 11.3 Å². The summed E-state index contributed by atoms with van der Waals surface area (Å²) in [5.74, 6) is 1.55. The highest BCUT2D eigenvalue weighted by molar-refractivity contribution is 7.45. The molecule has 1 aromatic carbocycles. The Balaban J connectivity index is 1.45. The van der Waals surface area contributed by atoms with Gasteiger partial charge in [0.05, 0.1) is 6.61 Å². The highest BCUT2D eigenvalue weighted by Crippen LogP contribution is 2.43. The first kappa shape index (κ1) is 22.0. The minimum absolute atomic E-state index is 0.328. The molecule has 2 aromatic rings. The molecule has 1 aromatic heterocycles. The van der Waals surface area contributed by atoms with Crippen LogP contribution in [-0.4, -0.2) is 28.9 Å². The summed E-state index contributed by atoms with van der Waals surface area (Å²) in [6.07, 6.45) is 11.0. The summed E-state index contributed by atoms with van der Waals surface area (Å²) in [7, 11) is -1.35. The third-order valence-electron chi connectivity index (χ3n) is 6.81. The third kappa shape index (κ3) is 4.80. The Morgan fingerprint density at radius 3 is 2.97 bits per heavy atom. The third-order valence-corrected chi connectivity index (χ3v) is 7.31. The Bertz CT molecular complexity index is 866. The molecular weight excluding hydrogens is 395 g/mol. The number of rotatable bonds is 9. The Labute approximate surface area is 181 Å².